The zero-order valence-corrected chi connectivity index (χ0v) is 17.4. The molecule has 0 N–H and O–H groups in total. The number of rotatable bonds is 5. The summed E-state index contributed by atoms with van der Waals surface area (Å²) in [6.45, 7) is 5.90. The van der Waals surface area contributed by atoms with Crippen molar-refractivity contribution in [2.75, 3.05) is 26.8 Å². The summed E-state index contributed by atoms with van der Waals surface area (Å²) in [5, 5.41) is 0.314. The predicted molar refractivity (Wildman–Crippen MR) is 104 cm³/mol. The number of Topliss-reactive ketones (excluding diaryl/α,β-unsaturated/α-hetero) is 1. The number of amides is 1. The number of halogens is 1. The average molecular weight is 412 g/mol. The highest BCUT2D eigenvalue weighted by molar-refractivity contribution is 6.32. The van der Waals surface area contributed by atoms with Crippen LogP contribution in [-0.2, 0) is 14.3 Å². The second kappa shape index (κ2) is 9.28. The lowest BCUT2D eigenvalue weighted by Crippen LogP contribution is -2.43. The van der Waals surface area contributed by atoms with E-state index in [-0.39, 0.29) is 24.4 Å². The minimum Gasteiger partial charge on any atom is -0.495 e. The highest BCUT2D eigenvalue weighted by Crippen LogP contribution is 2.25. The molecule has 1 aliphatic heterocycles. The zero-order valence-electron chi connectivity index (χ0n) is 16.6. The molecule has 154 valence electrons. The molecule has 0 unspecified atom stereocenters. The molecule has 1 amide bonds. The number of ether oxygens (including phenoxy) is 3. The Hall–Kier alpha value is -2.28. The van der Waals surface area contributed by atoms with Crippen molar-refractivity contribution in [3.8, 4) is 5.75 Å². The van der Waals surface area contributed by atoms with E-state index in [2.05, 4.69) is 0 Å². The number of benzene rings is 1. The van der Waals surface area contributed by atoms with E-state index in [4.69, 9.17) is 25.8 Å². The van der Waals surface area contributed by atoms with E-state index in [1.807, 2.05) is 20.8 Å². The molecule has 1 saturated heterocycles. The Morgan fingerprint density at radius 2 is 1.82 bits per heavy atom. The van der Waals surface area contributed by atoms with Gasteiger partial charge >= 0.3 is 12.1 Å². The van der Waals surface area contributed by atoms with Gasteiger partial charge in [-0.1, -0.05) is 11.6 Å². The third-order valence-electron chi connectivity index (χ3n) is 4.30. The van der Waals surface area contributed by atoms with Gasteiger partial charge in [-0.3, -0.25) is 9.59 Å². The van der Waals surface area contributed by atoms with Crippen molar-refractivity contribution < 1.29 is 28.6 Å². The van der Waals surface area contributed by atoms with Gasteiger partial charge in [-0.25, -0.2) is 4.79 Å². The second-order valence-electron chi connectivity index (χ2n) is 7.62. The Labute approximate surface area is 169 Å². The van der Waals surface area contributed by atoms with Crippen LogP contribution in [0.25, 0.3) is 0 Å². The number of carbonyl (C=O) groups is 3. The van der Waals surface area contributed by atoms with E-state index in [9.17, 15) is 14.4 Å². The lowest BCUT2D eigenvalue weighted by molar-refractivity contribution is -0.149. The Morgan fingerprint density at radius 1 is 1.18 bits per heavy atom. The standard InChI is InChI=1S/C20H26ClNO6/c1-20(2,3)28-19(25)22-9-7-13(8-10-22)18(24)27-12-16(23)14-5-6-17(26-4)15(21)11-14/h5-6,11,13H,7-10,12H2,1-4H3. The molecule has 1 aromatic rings. The molecule has 0 spiro atoms. The Balaban J connectivity index is 1.80. The summed E-state index contributed by atoms with van der Waals surface area (Å²) in [5.74, 6) is -0.654. The third kappa shape index (κ3) is 6.12. The molecular formula is C20H26ClNO6. The van der Waals surface area contributed by atoms with E-state index >= 15 is 0 Å². The molecule has 0 bridgehead atoms. The first-order valence-electron chi connectivity index (χ1n) is 9.12. The molecule has 0 atom stereocenters. The number of methoxy groups -OCH3 is 1. The fourth-order valence-electron chi connectivity index (χ4n) is 2.80. The van der Waals surface area contributed by atoms with E-state index in [0.29, 0.717) is 42.3 Å². The van der Waals surface area contributed by atoms with Gasteiger partial charge in [0.1, 0.15) is 11.4 Å². The number of esters is 1. The molecule has 8 heteroatoms. The first-order valence-corrected chi connectivity index (χ1v) is 9.50. The minimum absolute atomic E-state index is 0.314. The highest BCUT2D eigenvalue weighted by atomic mass is 35.5. The first-order chi connectivity index (χ1) is 13.1. The van der Waals surface area contributed by atoms with Crippen LogP contribution >= 0.6 is 11.6 Å². The SMILES string of the molecule is COc1ccc(C(=O)COC(=O)C2CCN(C(=O)OC(C)(C)C)CC2)cc1Cl. The Kier molecular flexibility index (Phi) is 7.29. The van der Waals surface area contributed by atoms with Gasteiger partial charge in [0.15, 0.2) is 12.4 Å². The van der Waals surface area contributed by atoms with Crippen LogP contribution in [0, 0.1) is 5.92 Å². The van der Waals surface area contributed by atoms with Crippen molar-refractivity contribution in [1.29, 1.82) is 0 Å². The van der Waals surface area contributed by atoms with Gasteiger partial charge in [0.05, 0.1) is 18.1 Å². The predicted octanol–water partition coefficient (Wildman–Crippen LogP) is 3.72. The van der Waals surface area contributed by atoms with E-state index in [1.165, 1.54) is 13.2 Å². The van der Waals surface area contributed by atoms with Crippen molar-refractivity contribution in [1.82, 2.24) is 4.90 Å². The summed E-state index contributed by atoms with van der Waals surface area (Å²) < 4.78 is 15.6. The van der Waals surface area contributed by atoms with Gasteiger partial charge in [0.2, 0.25) is 0 Å². The molecule has 7 nitrogen and oxygen atoms in total. The molecule has 2 rings (SSSR count). The monoisotopic (exact) mass is 411 g/mol. The van der Waals surface area contributed by atoms with Crippen LogP contribution in [0.15, 0.2) is 18.2 Å². The maximum atomic E-state index is 12.3. The number of piperidine rings is 1. The van der Waals surface area contributed by atoms with Crippen molar-refractivity contribution in [3.05, 3.63) is 28.8 Å². The number of nitrogens with zero attached hydrogens (tertiary/aromatic N) is 1. The number of hydrogen-bond acceptors (Lipinski definition) is 6. The first kappa shape index (κ1) is 22.0. The van der Waals surface area contributed by atoms with Crippen molar-refractivity contribution in [2.24, 2.45) is 5.92 Å². The average Bonchev–Trinajstić information content (AvgIpc) is 2.64. The van der Waals surface area contributed by atoms with Gasteiger partial charge < -0.3 is 19.1 Å². The topological polar surface area (TPSA) is 82.1 Å². The fraction of sp³-hybridized carbons (Fsp3) is 0.550. The van der Waals surface area contributed by atoms with E-state index in [0.717, 1.165) is 0 Å². The lowest BCUT2D eigenvalue weighted by atomic mass is 9.97. The van der Waals surface area contributed by atoms with Crippen LogP contribution in [0.3, 0.4) is 0 Å². The largest absolute Gasteiger partial charge is 0.495 e. The maximum absolute atomic E-state index is 12.3. The van der Waals surface area contributed by atoms with Gasteiger partial charge in [-0.2, -0.15) is 0 Å². The number of carbonyl (C=O) groups excluding carboxylic acids is 3. The summed E-state index contributed by atoms with van der Waals surface area (Å²) in [7, 11) is 1.48. The summed E-state index contributed by atoms with van der Waals surface area (Å²) in [5.41, 5.74) is -0.212. The van der Waals surface area contributed by atoms with Crippen molar-refractivity contribution in [2.45, 2.75) is 39.2 Å². The van der Waals surface area contributed by atoms with Crippen molar-refractivity contribution in [3.63, 3.8) is 0 Å². The van der Waals surface area contributed by atoms with Gasteiger partial charge in [-0.15, -0.1) is 0 Å². The van der Waals surface area contributed by atoms with Crippen molar-refractivity contribution >= 4 is 29.4 Å². The molecule has 1 aliphatic rings. The Bertz CT molecular complexity index is 735. The quantitative estimate of drug-likeness (QED) is 0.542. The van der Waals surface area contributed by atoms with E-state index in [1.54, 1.807) is 17.0 Å². The van der Waals surface area contributed by atoms with Gasteiger partial charge in [-0.05, 0) is 51.8 Å². The van der Waals surface area contributed by atoms with Gasteiger partial charge in [0, 0.05) is 18.7 Å². The normalized spacial score (nSPS) is 15.1. The van der Waals surface area contributed by atoms with Crippen LogP contribution in [-0.4, -0.2) is 55.2 Å². The molecular weight excluding hydrogens is 386 g/mol. The van der Waals surface area contributed by atoms with Crippen LogP contribution in [0.4, 0.5) is 4.79 Å². The number of ketones is 1. The number of likely N-dealkylation sites (tertiary alicyclic amines) is 1. The van der Waals surface area contributed by atoms with Crippen LogP contribution < -0.4 is 4.74 Å². The summed E-state index contributed by atoms with van der Waals surface area (Å²) in [4.78, 5) is 38.1. The van der Waals surface area contributed by atoms with Crippen LogP contribution in [0.1, 0.15) is 44.0 Å². The number of hydrogen-bond donors (Lipinski definition) is 0. The summed E-state index contributed by atoms with van der Waals surface area (Å²) in [6, 6.07) is 4.64. The van der Waals surface area contributed by atoms with Crippen LogP contribution in [0.2, 0.25) is 5.02 Å². The maximum Gasteiger partial charge on any atom is 0.410 e. The molecule has 1 fully saturated rings. The third-order valence-corrected chi connectivity index (χ3v) is 4.59. The fourth-order valence-corrected chi connectivity index (χ4v) is 3.06. The molecule has 0 aliphatic carbocycles. The van der Waals surface area contributed by atoms with E-state index < -0.39 is 11.6 Å². The highest BCUT2D eigenvalue weighted by Gasteiger charge is 2.31. The molecule has 1 aromatic carbocycles. The Morgan fingerprint density at radius 3 is 2.36 bits per heavy atom. The van der Waals surface area contributed by atoms with Crippen LogP contribution in [0.5, 0.6) is 5.75 Å². The lowest BCUT2D eigenvalue weighted by Gasteiger charge is -2.32. The second-order valence-corrected chi connectivity index (χ2v) is 8.03. The molecule has 1 heterocycles. The molecule has 0 aromatic heterocycles. The molecule has 0 saturated carbocycles. The summed E-state index contributed by atoms with van der Waals surface area (Å²) >= 11 is 6.01. The zero-order chi connectivity index (χ0) is 20.9. The molecule has 28 heavy (non-hydrogen) atoms. The summed E-state index contributed by atoms with van der Waals surface area (Å²) in [6.07, 6.45) is 0.562. The van der Waals surface area contributed by atoms with Gasteiger partial charge in [0.25, 0.3) is 0 Å². The minimum atomic E-state index is -0.558. The smallest absolute Gasteiger partial charge is 0.410 e. The molecule has 0 radical (unpaired) electrons.